The van der Waals surface area contributed by atoms with Crippen LogP contribution in [0.1, 0.15) is 15.9 Å². The molecule has 0 aliphatic rings. The van der Waals surface area contributed by atoms with Gasteiger partial charge < -0.3 is 14.2 Å². The van der Waals surface area contributed by atoms with Crippen LogP contribution in [-0.2, 0) is 11.3 Å². The molecule has 0 saturated carbocycles. The normalized spacial score (nSPS) is 10.0. The van der Waals surface area contributed by atoms with Gasteiger partial charge in [0.05, 0.1) is 19.8 Å². The molecule has 0 atom stereocenters. The van der Waals surface area contributed by atoms with E-state index in [4.69, 9.17) is 25.8 Å². The molecule has 0 fully saturated rings. The van der Waals surface area contributed by atoms with Gasteiger partial charge >= 0.3 is 5.97 Å². The van der Waals surface area contributed by atoms with Gasteiger partial charge in [0.25, 0.3) is 0 Å². The Morgan fingerprint density at radius 3 is 2.57 bits per heavy atom. The van der Waals surface area contributed by atoms with Gasteiger partial charge in [-0.2, -0.15) is 0 Å². The van der Waals surface area contributed by atoms with Crippen LogP contribution in [0.3, 0.4) is 0 Å². The second kappa shape index (κ2) is 6.99. The topological polar surface area (TPSA) is 44.8 Å². The Morgan fingerprint density at radius 1 is 1.10 bits per heavy atom. The summed E-state index contributed by atoms with van der Waals surface area (Å²) in [5.41, 5.74) is 1.13. The molecule has 0 aromatic heterocycles. The monoisotopic (exact) mass is 306 g/mol. The molecule has 21 heavy (non-hydrogen) atoms. The van der Waals surface area contributed by atoms with Crippen LogP contribution >= 0.6 is 11.6 Å². The molecule has 0 bridgehead atoms. The lowest BCUT2D eigenvalue weighted by Crippen LogP contribution is -2.08. The van der Waals surface area contributed by atoms with E-state index in [1.807, 2.05) is 0 Å². The van der Waals surface area contributed by atoms with E-state index in [9.17, 15) is 4.79 Å². The van der Waals surface area contributed by atoms with Crippen LogP contribution < -0.4 is 9.47 Å². The minimum Gasteiger partial charge on any atom is -0.497 e. The van der Waals surface area contributed by atoms with Crippen molar-refractivity contribution in [2.75, 3.05) is 14.2 Å². The highest BCUT2D eigenvalue weighted by Gasteiger charge is 2.13. The van der Waals surface area contributed by atoms with E-state index in [2.05, 4.69) is 0 Å². The van der Waals surface area contributed by atoms with E-state index in [0.717, 1.165) is 0 Å². The summed E-state index contributed by atoms with van der Waals surface area (Å²) in [5.74, 6) is 0.787. The molecule has 110 valence electrons. The number of ether oxygens (including phenoxy) is 3. The van der Waals surface area contributed by atoms with Crippen molar-refractivity contribution >= 4 is 17.6 Å². The molecule has 0 spiro atoms. The van der Waals surface area contributed by atoms with Crippen molar-refractivity contribution in [2.24, 2.45) is 0 Å². The van der Waals surface area contributed by atoms with Crippen LogP contribution in [-0.4, -0.2) is 20.2 Å². The van der Waals surface area contributed by atoms with Crippen LogP contribution in [0, 0.1) is 0 Å². The molecular weight excluding hydrogens is 292 g/mol. The number of hydrogen-bond donors (Lipinski definition) is 0. The summed E-state index contributed by atoms with van der Waals surface area (Å²) in [6.45, 7) is 0.231. The maximum atomic E-state index is 11.8. The molecule has 0 aliphatic carbocycles. The van der Waals surface area contributed by atoms with Crippen LogP contribution in [0.2, 0.25) is 5.02 Å². The van der Waals surface area contributed by atoms with Crippen LogP contribution in [0.15, 0.2) is 42.5 Å². The molecule has 2 rings (SSSR count). The van der Waals surface area contributed by atoms with E-state index >= 15 is 0 Å². The SMILES string of the molecule is COC(=O)c1cc(OC)ccc1COc1cccc(Cl)c1. The molecule has 0 aliphatic heterocycles. The number of rotatable bonds is 5. The Morgan fingerprint density at radius 2 is 1.90 bits per heavy atom. The maximum Gasteiger partial charge on any atom is 0.338 e. The lowest BCUT2D eigenvalue weighted by atomic mass is 10.1. The van der Waals surface area contributed by atoms with Gasteiger partial charge in [0.15, 0.2) is 0 Å². The van der Waals surface area contributed by atoms with Crippen LogP contribution in [0.5, 0.6) is 11.5 Å². The van der Waals surface area contributed by atoms with Crippen molar-refractivity contribution in [1.82, 2.24) is 0 Å². The smallest absolute Gasteiger partial charge is 0.338 e. The quantitative estimate of drug-likeness (QED) is 0.790. The van der Waals surface area contributed by atoms with E-state index in [0.29, 0.717) is 27.6 Å². The Labute approximate surface area is 128 Å². The number of carbonyl (C=O) groups excluding carboxylic acids is 1. The fourth-order valence-electron chi connectivity index (χ4n) is 1.83. The number of carbonyl (C=O) groups is 1. The highest BCUT2D eigenvalue weighted by Crippen LogP contribution is 2.22. The van der Waals surface area contributed by atoms with E-state index < -0.39 is 5.97 Å². The summed E-state index contributed by atoms with van der Waals surface area (Å²) < 4.78 is 15.5. The number of benzene rings is 2. The molecule has 4 nitrogen and oxygen atoms in total. The first kappa shape index (κ1) is 15.2. The average Bonchev–Trinajstić information content (AvgIpc) is 2.52. The van der Waals surface area contributed by atoms with Gasteiger partial charge in [-0.05, 0) is 30.3 Å². The van der Waals surface area contributed by atoms with E-state index in [1.54, 1.807) is 49.6 Å². The molecular formula is C16H15ClO4. The van der Waals surface area contributed by atoms with Gasteiger partial charge in [0.1, 0.15) is 18.1 Å². The van der Waals surface area contributed by atoms with Crippen LogP contribution in [0.4, 0.5) is 0 Å². The lowest BCUT2D eigenvalue weighted by molar-refractivity contribution is 0.0597. The zero-order valence-electron chi connectivity index (χ0n) is 11.8. The second-order valence-corrected chi connectivity index (χ2v) is 4.70. The molecule has 0 radical (unpaired) electrons. The van der Waals surface area contributed by atoms with Gasteiger partial charge in [0.2, 0.25) is 0 Å². The molecule has 2 aromatic carbocycles. The molecule has 0 saturated heterocycles. The highest BCUT2D eigenvalue weighted by molar-refractivity contribution is 6.30. The third kappa shape index (κ3) is 3.89. The first-order valence-corrected chi connectivity index (χ1v) is 6.65. The fourth-order valence-corrected chi connectivity index (χ4v) is 2.01. The number of esters is 1. The summed E-state index contributed by atoms with van der Waals surface area (Å²) in [7, 11) is 2.88. The standard InChI is InChI=1S/C16H15ClO4/c1-19-13-7-6-11(15(9-13)16(18)20-2)10-21-14-5-3-4-12(17)8-14/h3-9H,10H2,1-2H3. The molecule has 2 aromatic rings. The molecule has 5 heteroatoms. The zero-order chi connectivity index (χ0) is 15.2. The largest absolute Gasteiger partial charge is 0.497 e. The lowest BCUT2D eigenvalue weighted by Gasteiger charge is -2.11. The van der Waals surface area contributed by atoms with Gasteiger partial charge in [-0.25, -0.2) is 4.79 Å². The van der Waals surface area contributed by atoms with E-state index in [-0.39, 0.29) is 6.61 Å². The van der Waals surface area contributed by atoms with Gasteiger partial charge in [-0.1, -0.05) is 23.7 Å². The zero-order valence-corrected chi connectivity index (χ0v) is 12.5. The summed E-state index contributed by atoms with van der Waals surface area (Å²) in [4.78, 5) is 11.8. The number of halogens is 1. The van der Waals surface area contributed by atoms with Gasteiger partial charge in [0, 0.05) is 10.6 Å². The van der Waals surface area contributed by atoms with Gasteiger partial charge in [-0.15, -0.1) is 0 Å². The van der Waals surface area contributed by atoms with Crippen molar-refractivity contribution in [3.8, 4) is 11.5 Å². The van der Waals surface area contributed by atoms with Crippen molar-refractivity contribution < 1.29 is 19.0 Å². The van der Waals surface area contributed by atoms with Gasteiger partial charge in [-0.3, -0.25) is 0 Å². The van der Waals surface area contributed by atoms with Crippen molar-refractivity contribution in [3.63, 3.8) is 0 Å². The first-order chi connectivity index (χ1) is 10.1. The summed E-state index contributed by atoms with van der Waals surface area (Å²) in [6, 6.07) is 12.2. The highest BCUT2D eigenvalue weighted by atomic mass is 35.5. The van der Waals surface area contributed by atoms with Crippen molar-refractivity contribution in [2.45, 2.75) is 6.61 Å². The van der Waals surface area contributed by atoms with Crippen LogP contribution in [0.25, 0.3) is 0 Å². The maximum absolute atomic E-state index is 11.8. The van der Waals surface area contributed by atoms with Crippen molar-refractivity contribution in [3.05, 3.63) is 58.6 Å². The Hall–Kier alpha value is -2.20. The Kier molecular flexibility index (Phi) is 5.06. The molecule has 0 amide bonds. The third-order valence-electron chi connectivity index (χ3n) is 2.91. The minimum absolute atomic E-state index is 0.231. The Balaban J connectivity index is 2.21. The first-order valence-electron chi connectivity index (χ1n) is 6.27. The average molecular weight is 307 g/mol. The predicted octanol–water partition coefficient (Wildman–Crippen LogP) is 3.71. The molecule has 0 heterocycles. The fraction of sp³-hybridized carbons (Fsp3) is 0.188. The minimum atomic E-state index is -0.432. The summed E-state index contributed by atoms with van der Waals surface area (Å²) in [6.07, 6.45) is 0. The third-order valence-corrected chi connectivity index (χ3v) is 3.15. The second-order valence-electron chi connectivity index (χ2n) is 4.26. The molecule has 0 N–H and O–H groups in total. The summed E-state index contributed by atoms with van der Waals surface area (Å²) >= 11 is 5.90. The van der Waals surface area contributed by atoms with Crippen molar-refractivity contribution in [1.29, 1.82) is 0 Å². The van der Waals surface area contributed by atoms with E-state index in [1.165, 1.54) is 7.11 Å². The predicted molar refractivity (Wildman–Crippen MR) is 80.1 cm³/mol. The molecule has 0 unspecified atom stereocenters. The number of methoxy groups -OCH3 is 2. The number of hydrogen-bond acceptors (Lipinski definition) is 4. The Bertz CT molecular complexity index is 640. The summed E-state index contributed by atoms with van der Waals surface area (Å²) in [5, 5.41) is 0.593.